The van der Waals surface area contributed by atoms with Crippen molar-refractivity contribution in [3.63, 3.8) is 0 Å². The Hall–Kier alpha value is -1.24. The van der Waals surface area contributed by atoms with Crippen molar-refractivity contribution in [3.8, 4) is 5.75 Å². The van der Waals surface area contributed by atoms with Crippen molar-refractivity contribution in [1.29, 1.82) is 0 Å². The summed E-state index contributed by atoms with van der Waals surface area (Å²) < 4.78 is 0. The third-order valence-electron chi connectivity index (χ3n) is 6.45. The molecule has 3 aliphatic rings. The first kappa shape index (κ1) is 12.5. The minimum atomic E-state index is 0.424. The molecule has 106 valence electrons. The van der Waals surface area contributed by atoms with Gasteiger partial charge in [-0.3, -0.25) is 0 Å². The van der Waals surface area contributed by atoms with Gasteiger partial charge in [0, 0.05) is 0 Å². The van der Waals surface area contributed by atoms with Gasteiger partial charge in [0.1, 0.15) is 5.75 Å². The lowest BCUT2D eigenvalue weighted by atomic mass is 9.55. The Labute approximate surface area is 121 Å². The number of aromatic hydroxyl groups is 1. The zero-order chi connectivity index (χ0) is 13.9. The number of rotatable bonds is 0. The lowest BCUT2D eigenvalue weighted by Gasteiger charge is -2.49. The van der Waals surface area contributed by atoms with Gasteiger partial charge in [0.25, 0.3) is 0 Å². The van der Waals surface area contributed by atoms with Crippen LogP contribution in [-0.2, 0) is 6.42 Å². The average Bonchev–Trinajstić information content (AvgIpc) is 2.74. The van der Waals surface area contributed by atoms with E-state index in [9.17, 15) is 5.11 Å². The van der Waals surface area contributed by atoms with Gasteiger partial charge < -0.3 is 5.11 Å². The second-order valence-electron chi connectivity index (χ2n) is 7.52. The highest BCUT2D eigenvalue weighted by atomic mass is 16.3. The summed E-state index contributed by atoms with van der Waals surface area (Å²) in [4.78, 5) is 0. The van der Waals surface area contributed by atoms with E-state index < -0.39 is 0 Å². The summed E-state index contributed by atoms with van der Waals surface area (Å²) in [6.07, 6.45) is 7.67. The third kappa shape index (κ3) is 1.62. The van der Waals surface area contributed by atoms with Gasteiger partial charge in [-0.2, -0.15) is 0 Å². The molecule has 1 aromatic carbocycles. The highest BCUT2D eigenvalue weighted by molar-refractivity contribution is 5.40. The Morgan fingerprint density at radius 2 is 2.05 bits per heavy atom. The molecule has 1 aromatic rings. The van der Waals surface area contributed by atoms with E-state index >= 15 is 0 Å². The normalized spacial score (nSPS) is 39.0. The van der Waals surface area contributed by atoms with E-state index in [-0.39, 0.29) is 0 Å². The molecule has 4 rings (SSSR count). The van der Waals surface area contributed by atoms with Gasteiger partial charge in [-0.25, -0.2) is 0 Å². The van der Waals surface area contributed by atoms with Crippen LogP contribution in [0.4, 0.5) is 0 Å². The van der Waals surface area contributed by atoms with E-state index in [1.165, 1.54) is 48.8 Å². The Balaban J connectivity index is 1.75. The summed E-state index contributed by atoms with van der Waals surface area (Å²) in [6, 6.07) is 6.04. The van der Waals surface area contributed by atoms with E-state index in [0.29, 0.717) is 17.1 Å². The van der Waals surface area contributed by atoms with E-state index in [4.69, 9.17) is 0 Å². The number of allylic oxidation sites excluding steroid dienone is 1. The molecule has 1 heteroatoms. The summed E-state index contributed by atoms with van der Waals surface area (Å²) in [6.45, 7) is 6.90. The molecule has 0 saturated heterocycles. The van der Waals surface area contributed by atoms with Gasteiger partial charge in [0.15, 0.2) is 0 Å². The van der Waals surface area contributed by atoms with Crippen molar-refractivity contribution in [2.45, 2.75) is 51.4 Å². The highest BCUT2D eigenvalue weighted by Crippen LogP contribution is 2.62. The van der Waals surface area contributed by atoms with E-state index in [1.54, 1.807) is 0 Å². The summed E-state index contributed by atoms with van der Waals surface area (Å²) in [5.74, 6) is 2.66. The monoisotopic (exact) mass is 268 g/mol. The molecule has 3 aliphatic carbocycles. The summed E-state index contributed by atoms with van der Waals surface area (Å²) in [5, 5.41) is 9.70. The molecule has 0 unspecified atom stereocenters. The topological polar surface area (TPSA) is 20.2 Å². The molecule has 20 heavy (non-hydrogen) atoms. The number of benzene rings is 1. The van der Waals surface area contributed by atoms with Crippen molar-refractivity contribution < 1.29 is 5.11 Å². The predicted octanol–water partition coefficient (Wildman–Crippen LogP) is 4.80. The molecule has 0 aromatic heterocycles. The number of phenols is 1. The van der Waals surface area contributed by atoms with Gasteiger partial charge in [0.2, 0.25) is 0 Å². The van der Waals surface area contributed by atoms with E-state index in [1.807, 2.05) is 12.1 Å². The minimum absolute atomic E-state index is 0.424. The zero-order valence-electron chi connectivity index (χ0n) is 12.4. The minimum Gasteiger partial charge on any atom is -0.508 e. The first-order valence-electron chi connectivity index (χ1n) is 8.08. The molecule has 1 N–H and O–H groups in total. The maximum atomic E-state index is 9.70. The Morgan fingerprint density at radius 1 is 1.20 bits per heavy atom. The number of aryl methyl sites for hydroxylation is 1. The van der Waals surface area contributed by atoms with Crippen molar-refractivity contribution in [2.75, 3.05) is 0 Å². The number of fused-ring (bicyclic) bond motifs is 5. The molecule has 4 atom stereocenters. The van der Waals surface area contributed by atoms with E-state index in [2.05, 4.69) is 19.6 Å². The van der Waals surface area contributed by atoms with Crippen molar-refractivity contribution in [2.24, 2.45) is 17.3 Å². The van der Waals surface area contributed by atoms with Gasteiger partial charge >= 0.3 is 0 Å². The first-order chi connectivity index (χ1) is 9.58. The smallest absolute Gasteiger partial charge is 0.115 e. The zero-order valence-corrected chi connectivity index (χ0v) is 12.4. The van der Waals surface area contributed by atoms with Crippen LogP contribution in [0.1, 0.15) is 56.1 Å². The maximum Gasteiger partial charge on any atom is 0.115 e. The SMILES string of the molecule is C=C1CC[C@@]2(C)CC[C@@H]3c4ccc(O)cc4CC[C@H]3[C@H]12. The van der Waals surface area contributed by atoms with Crippen molar-refractivity contribution in [1.82, 2.24) is 0 Å². The second kappa shape index (κ2) is 4.13. The first-order valence-corrected chi connectivity index (χ1v) is 8.08. The van der Waals surface area contributed by atoms with Crippen LogP contribution in [0, 0.1) is 17.3 Å². The number of phenolic OH excluding ortho intramolecular Hbond substituents is 1. The Morgan fingerprint density at radius 3 is 2.90 bits per heavy atom. The quantitative estimate of drug-likeness (QED) is 0.670. The summed E-state index contributed by atoms with van der Waals surface area (Å²) in [7, 11) is 0. The molecule has 0 amide bonds. The van der Waals surface area contributed by atoms with Crippen LogP contribution < -0.4 is 0 Å². The van der Waals surface area contributed by atoms with Gasteiger partial charge in [-0.15, -0.1) is 0 Å². The lowest BCUT2D eigenvalue weighted by Crippen LogP contribution is -2.40. The molecule has 1 nitrogen and oxygen atoms in total. The second-order valence-corrected chi connectivity index (χ2v) is 7.52. The molecule has 0 radical (unpaired) electrons. The largest absolute Gasteiger partial charge is 0.508 e. The fourth-order valence-corrected chi connectivity index (χ4v) is 5.53. The molecule has 0 heterocycles. The van der Waals surface area contributed by atoms with Crippen LogP contribution in [0.25, 0.3) is 0 Å². The fourth-order valence-electron chi connectivity index (χ4n) is 5.53. The van der Waals surface area contributed by atoms with Crippen LogP contribution in [0.5, 0.6) is 5.75 Å². The summed E-state index contributed by atoms with van der Waals surface area (Å²) >= 11 is 0. The fraction of sp³-hybridized carbons (Fsp3) is 0.579. The van der Waals surface area contributed by atoms with Crippen LogP contribution >= 0.6 is 0 Å². The van der Waals surface area contributed by atoms with Crippen LogP contribution in [0.3, 0.4) is 0 Å². The highest BCUT2D eigenvalue weighted by Gasteiger charge is 2.51. The van der Waals surface area contributed by atoms with Crippen LogP contribution in [0.15, 0.2) is 30.4 Å². The van der Waals surface area contributed by atoms with Gasteiger partial charge in [-0.05, 0) is 85.0 Å². The molecule has 0 spiro atoms. The third-order valence-corrected chi connectivity index (χ3v) is 6.45. The molecule has 2 saturated carbocycles. The van der Waals surface area contributed by atoms with E-state index in [0.717, 1.165) is 18.3 Å². The van der Waals surface area contributed by atoms with Crippen LogP contribution in [0.2, 0.25) is 0 Å². The molecular weight excluding hydrogens is 244 g/mol. The van der Waals surface area contributed by atoms with Crippen molar-refractivity contribution >= 4 is 0 Å². The average molecular weight is 268 g/mol. The predicted molar refractivity (Wildman–Crippen MR) is 81.9 cm³/mol. The Kier molecular flexibility index (Phi) is 2.58. The van der Waals surface area contributed by atoms with Crippen LogP contribution in [-0.4, -0.2) is 5.11 Å². The molecule has 0 bridgehead atoms. The number of hydrogen-bond acceptors (Lipinski definition) is 1. The standard InChI is InChI=1S/C19H24O/c1-12-7-9-19(2)10-8-16-15-6-4-14(20)11-13(15)3-5-17(16)18(12)19/h4,6,11,16-18,20H,1,3,5,7-10H2,2H3/t16-,17-,18+,19+/m1/s1. The molecule has 2 fully saturated rings. The van der Waals surface area contributed by atoms with Gasteiger partial charge in [0.05, 0.1) is 0 Å². The number of hydrogen-bond donors (Lipinski definition) is 1. The lowest BCUT2D eigenvalue weighted by molar-refractivity contribution is 0.0778. The molecular formula is C19H24O. The van der Waals surface area contributed by atoms with Crippen molar-refractivity contribution in [3.05, 3.63) is 41.5 Å². The Bertz CT molecular complexity index is 573. The molecule has 0 aliphatic heterocycles. The summed E-state index contributed by atoms with van der Waals surface area (Å²) in [5.41, 5.74) is 4.94. The maximum absolute atomic E-state index is 9.70. The van der Waals surface area contributed by atoms with Gasteiger partial charge in [-0.1, -0.05) is 25.1 Å².